The number of alkyl halides is 2. The van der Waals surface area contributed by atoms with Crippen molar-refractivity contribution in [2.75, 3.05) is 0 Å². The van der Waals surface area contributed by atoms with Crippen LogP contribution in [0.3, 0.4) is 0 Å². The summed E-state index contributed by atoms with van der Waals surface area (Å²) in [5.41, 5.74) is 2.77. The van der Waals surface area contributed by atoms with Crippen LogP contribution in [0.5, 0.6) is 0 Å². The number of ether oxygens (including phenoxy) is 1. The molecule has 190 valence electrons. The zero-order chi connectivity index (χ0) is 25.8. The molecule has 0 aromatic carbocycles. The molecule has 0 radical (unpaired) electrons. The van der Waals surface area contributed by atoms with Gasteiger partial charge in [-0.05, 0) is 87.0 Å². The number of hydrogen-bond donors (Lipinski definition) is 3. The van der Waals surface area contributed by atoms with Crippen molar-refractivity contribution < 1.29 is 33.3 Å². The van der Waals surface area contributed by atoms with E-state index in [1.165, 1.54) is 11.1 Å². The molecule has 8 heteroatoms. The average Bonchev–Trinajstić information content (AvgIpc) is 2.64. The Kier molecular flexibility index (Phi) is 13.2. The molecule has 2 atom stereocenters. The zero-order valence-corrected chi connectivity index (χ0v) is 21.0. The second-order valence-electron chi connectivity index (χ2n) is 9.66. The largest absolute Gasteiger partial charge is 0.477 e. The molecule has 0 rings (SSSR count). The molecule has 0 spiro atoms. The van der Waals surface area contributed by atoms with Crippen LogP contribution in [-0.2, 0) is 9.53 Å². The molecule has 0 aromatic heterocycles. The number of rotatable bonds is 13. The van der Waals surface area contributed by atoms with E-state index < -0.39 is 35.7 Å². The lowest BCUT2D eigenvalue weighted by atomic mass is 9.98. The van der Waals surface area contributed by atoms with Gasteiger partial charge in [-0.1, -0.05) is 34.9 Å². The number of carboxylic acids is 1. The molecule has 0 saturated heterocycles. The lowest BCUT2D eigenvalue weighted by Gasteiger charge is -2.29. The van der Waals surface area contributed by atoms with Crippen molar-refractivity contribution in [2.24, 2.45) is 0 Å². The van der Waals surface area contributed by atoms with E-state index >= 15 is 0 Å². The van der Waals surface area contributed by atoms with E-state index in [1.54, 1.807) is 20.8 Å². The van der Waals surface area contributed by atoms with Crippen LogP contribution in [0.25, 0.3) is 0 Å². The fraction of sp³-hybridized carbons (Fsp3) is 0.680. The number of hydrogen-bond acceptors (Lipinski definition) is 4. The summed E-state index contributed by atoms with van der Waals surface area (Å²) in [4.78, 5) is 22.9. The first-order valence-electron chi connectivity index (χ1n) is 11.3. The Morgan fingerprint density at radius 1 is 0.939 bits per heavy atom. The van der Waals surface area contributed by atoms with Gasteiger partial charge in [-0.2, -0.15) is 8.78 Å². The maximum absolute atomic E-state index is 13.9. The number of aliphatic hydroxyl groups excluding tert-OH is 1. The quantitative estimate of drug-likeness (QED) is 0.278. The number of carbonyl (C=O) groups excluding carboxylic acids is 1. The van der Waals surface area contributed by atoms with Gasteiger partial charge in [0.1, 0.15) is 11.7 Å². The third kappa shape index (κ3) is 13.8. The number of carboxylic acid groups (broad SMARTS) is 1. The topological polar surface area (TPSA) is 95.9 Å². The Bertz CT molecular complexity index is 732. The number of allylic oxidation sites excluding steroid dienone is 6. The summed E-state index contributed by atoms with van der Waals surface area (Å²) in [5.74, 6) is -6.86. The monoisotopic (exact) mass is 473 g/mol. The van der Waals surface area contributed by atoms with E-state index in [9.17, 15) is 23.5 Å². The molecule has 0 bridgehead atoms. The van der Waals surface area contributed by atoms with Crippen molar-refractivity contribution in [2.45, 2.75) is 111 Å². The highest BCUT2D eigenvalue weighted by Gasteiger charge is 2.50. The first-order chi connectivity index (χ1) is 15.1. The Morgan fingerprint density at radius 2 is 1.42 bits per heavy atom. The van der Waals surface area contributed by atoms with Gasteiger partial charge >= 0.3 is 18.0 Å². The second-order valence-corrected chi connectivity index (χ2v) is 9.66. The van der Waals surface area contributed by atoms with Crippen molar-refractivity contribution >= 4 is 12.1 Å². The first kappa shape index (κ1) is 30.8. The fourth-order valence-electron chi connectivity index (χ4n) is 3.00. The highest BCUT2D eigenvalue weighted by atomic mass is 19.3. The molecule has 0 aliphatic carbocycles. The molecule has 0 aromatic rings. The molecule has 0 unspecified atom stereocenters. The smallest absolute Gasteiger partial charge is 0.407 e. The van der Waals surface area contributed by atoms with Crippen LogP contribution in [-0.4, -0.2) is 45.9 Å². The zero-order valence-electron chi connectivity index (χ0n) is 21.0. The standard InChI is InChI=1S/C25H41F2NO5/c1-17(2)11-8-12-18(3)13-9-14-19(4)15-10-16-20(21(29)25(26,27)22(30)31)28-23(32)33-24(5,6)7/h11,13,15,20-21,29H,8-10,12,14,16H2,1-7H3,(H,28,32)(H,30,31)/t20-,21-/m0/s1. The van der Waals surface area contributed by atoms with Gasteiger partial charge < -0.3 is 20.3 Å². The number of carbonyl (C=O) groups is 2. The van der Waals surface area contributed by atoms with Gasteiger partial charge in [0.05, 0.1) is 6.04 Å². The summed E-state index contributed by atoms with van der Waals surface area (Å²) >= 11 is 0. The van der Waals surface area contributed by atoms with Crippen molar-refractivity contribution in [3.05, 3.63) is 34.9 Å². The lowest BCUT2D eigenvalue weighted by molar-refractivity contribution is -0.185. The van der Waals surface area contributed by atoms with Crippen LogP contribution >= 0.6 is 0 Å². The molecule has 0 saturated carbocycles. The summed E-state index contributed by atoms with van der Waals surface area (Å²) < 4.78 is 32.8. The van der Waals surface area contributed by atoms with Crippen LogP contribution in [0, 0.1) is 0 Å². The molecule has 1 amide bonds. The fourth-order valence-corrected chi connectivity index (χ4v) is 3.00. The minimum Gasteiger partial charge on any atom is -0.477 e. The van der Waals surface area contributed by atoms with E-state index in [0.29, 0.717) is 0 Å². The van der Waals surface area contributed by atoms with E-state index in [2.05, 4.69) is 38.2 Å². The highest BCUT2D eigenvalue weighted by Crippen LogP contribution is 2.24. The number of aliphatic carboxylic acids is 1. The van der Waals surface area contributed by atoms with Crippen molar-refractivity contribution in [1.82, 2.24) is 5.32 Å². The highest BCUT2D eigenvalue weighted by molar-refractivity contribution is 5.76. The van der Waals surface area contributed by atoms with Crippen molar-refractivity contribution in [3.63, 3.8) is 0 Å². The van der Waals surface area contributed by atoms with Crippen molar-refractivity contribution in [1.29, 1.82) is 0 Å². The Balaban J connectivity index is 4.98. The second kappa shape index (κ2) is 14.1. The van der Waals surface area contributed by atoms with Crippen LogP contribution in [0.15, 0.2) is 34.9 Å². The average molecular weight is 474 g/mol. The van der Waals surface area contributed by atoms with Crippen LogP contribution in [0.2, 0.25) is 0 Å². The minimum absolute atomic E-state index is 0.0712. The molecule has 6 nitrogen and oxygen atoms in total. The summed E-state index contributed by atoms with van der Waals surface area (Å²) in [6.07, 6.45) is 6.50. The number of halogens is 2. The maximum Gasteiger partial charge on any atom is 0.407 e. The van der Waals surface area contributed by atoms with Gasteiger partial charge in [-0.3, -0.25) is 0 Å². The normalized spacial score (nSPS) is 15.0. The molecule has 0 aliphatic rings. The third-order valence-corrected chi connectivity index (χ3v) is 4.83. The van der Waals surface area contributed by atoms with Crippen LogP contribution < -0.4 is 5.32 Å². The summed E-state index contributed by atoms with van der Waals surface area (Å²) in [7, 11) is 0. The summed E-state index contributed by atoms with van der Waals surface area (Å²) in [5, 5.41) is 20.9. The molecule has 0 aliphatic heterocycles. The van der Waals surface area contributed by atoms with Gasteiger partial charge in [0.2, 0.25) is 0 Å². The molecule has 3 N–H and O–H groups in total. The van der Waals surface area contributed by atoms with Gasteiger partial charge in [-0.25, -0.2) is 9.59 Å². The molecule has 0 heterocycles. The Morgan fingerprint density at radius 3 is 1.88 bits per heavy atom. The third-order valence-electron chi connectivity index (χ3n) is 4.83. The molecular weight excluding hydrogens is 432 g/mol. The summed E-state index contributed by atoms with van der Waals surface area (Å²) in [6, 6.07) is -1.49. The predicted molar refractivity (Wildman–Crippen MR) is 126 cm³/mol. The van der Waals surface area contributed by atoms with Gasteiger partial charge in [0.25, 0.3) is 0 Å². The number of aliphatic hydroxyl groups is 1. The van der Waals surface area contributed by atoms with Crippen molar-refractivity contribution in [3.8, 4) is 0 Å². The molecule has 0 fully saturated rings. The van der Waals surface area contributed by atoms with Gasteiger partial charge in [0, 0.05) is 0 Å². The van der Waals surface area contributed by atoms with E-state index in [1.807, 2.05) is 13.0 Å². The van der Waals surface area contributed by atoms with Crippen LogP contribution in [0.1, 0.15) is 87.0 Å². The summed E-state index contributed by atoms with van der Waals surface area (Å²) in [6.45, 7) is 13.0. The van der Waals surface area contributed by atoms with Crippen LogP contribution in [0.4, 0.5) is 13.6 Å². The first-order valence-corrected chi connectivity index (χ1v) is 11.3. The Labute approximate surface area is 196 Å². The molecule has 33 heavy (non-hydrogen) atoms. The van der Waals surface area contributed by atoms with Gasteiger partial charge in [-0.15, -0.1) is 0 Å². The van der Waals surface area contributed by atoms with E-state index in [4.69, 9.17) is 9.84 Å². The van der Waals surface area contributed by atoms with E-state index in [-0.39, 0.29) is 12.8 Å². The SMILES string of the molecule is CC(C)=CCCC(C)=CCCC(C)=CCC[C@H](NC(=O)OC(C)(C)C)[C@H](O)C(F)(F)C(=O)O. The number of amides is 1. The maximum atomic E-state index is 13.9. The van der Waals surface area contributed by atoms with E-state index in [0.717, 1.165) is 31.3 Å². The minimum atomic E-state index is -4.41. The number of alkyl carbamates (subject to hydrolysis) is 1. The Hall–Kier alpha value is -2.22. The molecular formula is C25H41F2NO5. The lowest BCUT2D eigenvalue weighted by Crippen LogP contribution is -2.55. The number of nitrogens with one attached hydrogen (secondary N) is 1. The predicted octanol–water partition coefficient (Wildman–Crippen LogP) is 6.16. The van der Waals surface area contributed by atoms with Gasteiger partial charge in [0.15, 0.2) is 0 Å².